The molecule has 152 valence electrons. The van der Waals surface area contributed by atoms with Gasteiger partial charge in [0.1, 0.15) is 18.2 Å². The number of rotatable bonds is 8. The maximum Gasteiger partial charge on any atom is 0.262 e. The Morgan fingerprint density at radius 1 is 1.28 bits per heavy atom. The van der Waals surface area contributed by atoms with Crippen LogP contribution in [0.5, 0.6) is 11.5 Å². The maximum absolute atomic E-state index is 12.1. The van der Waals surface area contributed by atoms with Gasteiger partial charge in [0.15, 0.2) is 11.5 Å². The van der Waals surface area contributed by atoms with Gasteiger partial charge in [-0.15, -0.1) is 0 Å². The van der Waals surface area contributed by atoms with Gasteiger partial charge in [-0.1, -0.05) is 23.7 Å². The fourth-order valence-electron chi connectivity index (χ4n) is 2.47. The van der Waals surface area contributed by atoms with Crippen molar-refractivity contribution in [2.75, 3.05) is 6.61 Å². The zero-order valence-corrected chi connectivity index (χ0v) is 19.4. The topological polar surface area (TPSA) is 71.3 Å². The highest BCUT2D eigenvalue weighted by Crippen LogP contribution is 2.38. The third-order valence-corrected chi connectivity index (χ3v) is 4.72. The highest BCUT2D eigenvalue weighted by atomic mass is 127. The molecule has 0 saturated heterocycles. The lowest BCUT2D eigenvalue weighted by molar-refractivity contribution is -0.117. The molecule has 0 saturated carbocycles. The Hall–Kier alpha value is -2.24. The zero-order valence-electron chi connectivity index (χ0n) is 16.5. The number of hydrogen-bond donors (Lipinski definition) is 1. The standard InChI is InChI=1S/C22H22ClIN2O3/c1-4-28-20-11-16(9-17(12-25)22(27)26-14(2)3)10-19(23)21(20)29-13-15-5-7-18(24)8-6-15/h5-11,14H,4,13H2,1-3H3,(H,26,27)/b17-9-. The molecule has 1 amide bonds. The van der Waals surface area contributed by atoms with Crippen LogP contribution in [0.1, 0.15) is 31.9 Å². The Bertz CT molecular complexity index is 934. The monoisotopic (exact) mass is 524 g/mol. The Morgan fingerprint density at radius 3 is 2.55 bits per heavy atom. The van der Waals surface area contributed by atoms with E-state index in [-0.39, 0.29) is 11.6 Å². The summed E-state index contributed by atoms with van der Waals surface area (Å²) < 4.78 is 12.7. The van der Waals surface area contributed by atoms with Crippen LogP contribution in [0.3, 0.4) is 0 Å². The molecule has 29 heavy (non-hydrogen) atoms. The molecule has 5 nitrogen and oxygen atoms in total. The molecule has 0 fully saturated rings. The summed E-state index contributed by atoms with van der Waals surface area (Å²) in [5, 5.41) is 12.4. The van der Waals surface area contributed by atoms with Crippen LogP contribution in [0, 0.1) is 14.9 Å². The minimum absolute atomic E-state index is 0.00947. The molecule has 0 aliphatic rings. The quantitative estimate of drug-likeness (QED) is 0.287. The van der Waals surface area contributed by atoms with Gasteiger partial charge in [0, 0.05) is 9.61 Å². The molecule has 0 aromatic heterocycles. The van der Waals surface area contributed by atoms with E-state index < -0.39 is 5.91 Å². The molecule has 7 heteroatoms. The van der Waals surface area contributed by atoms with E-state index in [0.29, 0.717) is 35.3 Å². The van der Waals surface area contributed by atoms with Crippen LogP contribution in [0.4, 0.5) is 0 Å². The highest BCUT2D eigenvalue weighted by Gasteiger charge is 2.15. The van der Waals surface area contributed by atoms with Crippen LogP contribution in [-0.2, 0) is 11.4 Å². The summed E-state index contributed by atoms with van der Waals surface area (Å²) in [4.78, 5) is 12.1. The number of nitrogens with one attached hydrogen (secondary N) is 1. The molecule has 0 aliphatic carbocycles. The Morgan fingerprint density at radius 2 is 1.97 bits per heavy atom. The van der Waals surface area contributed by atoms with Crippen LogP contribution in [-0.4, -0.2) is 18.6 Å². The molecule has 0 unspecified atom stereocenters. The van der Waals surface area contributed by atoms with Gasteiger partial charge in [-0.2, -0.15) is 5.26 Å². The van der Waals surface area contributed by atoms with E-state index in [9.17, 15) is 10.1 Å². The molecular weight excluding hydrogens is 503 g/mol. The van der Waals surface area contributed by atoms with E-state index in [4.69, 9.17) is 21.1 Å². The molecule has 1 N–H and O–H groups in total. The van der Waals surface area contributed by atoms with E-state index in [2.05, 4.69) is 27.9 Å². The van der Waals surface area contributed by atoms with Gasteiger partial charge >= 0.3 is 0 Å². The van der Waals surface area contributed by atoms with Gasteiger partial charge in [0.25, 0.3) is 5.91 Å². The SMILES string of the molecule is CCOc1cc(/C=C(/C#N)C(=O)NC(C)C)cc(Cl)c1OCc1ccc(I)cc1. The molecule has 0 heterocycles. The van der Waals surface area contributed by atoms with Crippen molar-refractivity contribution < 1.29 is 14.3 Å². The van der Waals surface area contributed by atoms with Gasteiger partial charge in [0.2, 0.25) is 0 Å². The third kappa shape index (κ3) is 6.94. The number of hydrogen-bond acceptors (Lipinski definition) is 4. The summed E-state index contributed by atoms with van der Waals surface area (Å²) in [6.45, 7) is 6.28. The van der Waals surface area contributed by atoms with Crippen LogP contribution in [0.15, 0.2) is 42.0 Å². The summed E-state index contributed by atoms with van der Waals surface area (Å²) in [6.07, 6.45) is 1.48. The number of nitrogens with zero attached hydrogens (tertiary/aromatic N) is 1. The summed E-state index contributed by atoms with van der Waals surface area (Å²) in [5.74, 6) is 0.447. The van der Waals surface area contributed by atoms with Crippen LogP contribution in [0.2, 0.25) is 5.02 Å². The van der Waals surface area contributed by atoms with Gasteiger partial charge in [-0.25, -0.2) is 0 Å². The smallest absolute Gasteiger partial charge is 0.262 e. The molecule has 2 aromatic rings. The molecule has 2 rings (SSSR count). The number of ether oxygens (including phenoxy) is 2. The van der Waals surface area contributed by atoms with Crippen molar-refractivity contribution in [3.05, 3.63) is 61.7 Å². The van der Waals surface area contributed by atoms with Crippen molar-refractivity contribution in [1.82, 2.24) is 5.32 Å². The van der Waals surface area contributed by atoms with E-state index in [1.807, 2.05) is 51.1 Å². The number of benzene rings is 2. The normalized spacial score (nSPS) is 11.1. The first kappa shape index (κ1) is 23.0. The maximum atomic E-state index is 12.1. The van der Waals surface area contributed by atoms with Gasteiger partial charge in [-0.3, -0.25) is 4.79 Å². The molecule has 0 bridgehead atoms. The number of carbonyl (C=O) groups excluding carboxylic acids is 1. The number of amides is 1. The molecule has 0 radical (unpaired) electrons. The Labute approximate surface area is 189 Å². The first-order chi connectivity index (χ1) is 13.8. The van der Waals surface area contributed by atoms with E-state index in [1.165, 1.54) is 6.08 Å². The van der Waals surface area contributed by atoms with Crippen LogP contribution >= 0.6 is 34.2 Å². The minimum atomic E-state index is -0.435. The predicted octanol–water partition coefficient (Wildman–Crippen LogP) is 5.35. The number of nitriles is 1. The number of carbonyl (C=O) groups is 1. The Balaban J connectivity index is 2.30. The first-order valence-electron chi connectivity index (χ1n) is 9.10. The van der Waals surface area contributed by atoms with Crippen LogP contribution < -0.4 is 14.8 Å². The van der Waals surface area contributed by atoms with Crippen molar-refractivity contribution in [3.63, 3.8) is 0 Å². The Kier molecular flexibility index (Phi) is 8.80. The lowest BCUT2D eigenvalue weighted by Gasteiger charge is -2.15. The van der Waals surface area contributed by atoms with Crippen molar-refractivity contribution in [1.29, 1.82) is 5.26 Å². The van der Waals surface area contributed by atoms with Gasteiger partial charge < -0.3 is 14.8 Å². The average molecular weight is 525 g/mol. The van der Waals surface area contributed by atoms with E-state index in [1.54, 1.807) is 12.1 Å². The minimum Gasteiger partial charge on any atom is -0.490 e. The molecular formula is C22H22ClIN2O3. The van der Waals surface area contributed by atoms with Crippen LogP contribution in [0.25, 0.3) is 6.08 Å². The van der Waals surface area contributed by atoms with E-state index >= 15 is 0 Å². The second-order valence-corrected chi connectivity index (χ2v) is 8.13. The van der Waals surface area contributed by atoms with Gasteiger partial charge in [0.05, 0.1) is 11.6 Å². The lowest BCUT2D eigenvalue weighted by atomic mass is 10.1. The first-order valence-corrected chi connectivity index (χ1v) is 10.6. The second kappa shape index (κ2) is 11.1. The fraction of sp³-hybridized carbons (Fsp3) is 0.273. The summed E-state index contributed by atoms with van der Waals surface area (Å²) >= 11 is 8.68. The van der Waals surface area contributed by atoms with Crippen molar-refractivity contribution in [3.8, 4) is 17.6 Å². The van der Waals surface area contributed by atoms with E-state index in [0.717, 1.165) is 9.13 Å². The van der Waals surface area contributed by atoms with Gasteiger partial charge in [-0.05, 0) is 84.8 Å². The summed E-state index contributed by atoms with van der Waals surface area (Å²) in [5.41, 5.74) is 1.57. The molecule has 0 spiro atoms. The van der Waals surface area contributed by atoms with Crippen molar-refractivity contribution >= 4 is 46.2 Å². The summed E-state index contributed by atoms with van der Waals surface area (Å²) in [7, 11) is 0. The lowest BCUT2D eigenvalue weighted by Crippen LogP contribution is -2.30. The molecule has 0 aliphatic heterocycles. The highest BCUT2D eigenvalue weighted by molar-refractivity contribution is 14.1. The van der Waals surface area contributed by atoms with Crippen molar-refractivity contribution in [2.45, 2.75) is 33.4 Å². The largest absolute Gasteiger partial charge is 0.490 e. The average Bonchev–Trinajstić information content (AvgIpc) is 2.66. The predicted molar refractivity (Wildman–Crippen MR) is 123 cm³/mol. The summed E-state index contributed by atoms with van der Waals surface area (Å²) in [6, 6.07) is 13.2. The second-order valence-electron chi connectivity index (χ2n) is 6.48. The fourth-order valence-corrected chi connectivity index (χ4v) is 3.10. The molecule has 0 atom stereocenters. The number of halogens is 2. The molecule has 2 aromatic carbocycles. The van der Waals surface area contributed by atoms with Crippen molar-refractivity contribution in [2.24, 2.45) is 0 Å². The third-order valence-electron chi connectivity index (χ3n) is 3.72. The zero-order chi connectivity index (χ0) is 21.4.